The lowest BCUT2D eigenvalue weighted by Gasteiger charge is -2.22. The minimum atomic E-state index is -3.29. The summed E-state index contributed by atoms with van der Waals surface area (Å²) in [6, 6.07) is 6.81. The van der Waals surface area contributed by atoms with Gasteiger partial charge in [-0.15, -0.1) is 0 Å². The third-order valence-electron chi connectivity index (χ3n) is 2.90. The van der Waals surface area contributed by atoms with Crippen LogP contribution in [-0.2, 0) is 19.6 Å². The van der Waals surface area contributed by atoms with Crippen molar-refractivity contribution < 1.29 is 18.0 Å². The number of hydrogen-bond acceptors (Lipinski definition) is 4. The van der Waals surface area contributed by atoms with Crippen molar-refractivity contribution in [3.8, 4) is 0 Å². The lowest BCUT2D eigenvalue weighted by molar-refractivity contribution is -0.116. The Hall–Kier alpha value is -1.93. The highest BCUT2D eigenvalue weighted by molar-refractivity contribution is 7.89. The number of carbonyl (C=O) groups is 2. The predicted molar refractivity (Wildman–Crippen MR) is 86.2 cm³/mol. The van der Waals surface area contributed by atoms with Crippen LogP contribution in [-0.4, -0.2) is 39.1 Å². The van der Waals surface area contributed by atoms with E-state index in [1.54, 1.807) is 31.2 Å². The number of benzene rings is 1. The van der Waals surface area contributed by atoms with Crippen LogP contribution < -0.4 is 14.9 Å². The van der Waals surface area contributed by atoms with Gasteiger partial charge in [-0.2, -0.15) is 0 Å². The maximum absolute atomic E-state index is 11.8. The standard InChI is InChI=1S/C14H21N3O4S/c1-4-22(20,21)15-8-9-17(12(3)19)14-7-5-6-13(10-14)16-11(2)18/h5-7,10,15H,4,8-9H2,1-3H3,(H,16,18). The van der Waals surface area contributed by atoms with E-state index in [1.165, 1.54) is 18.7 Å². The Morgan fingerprint density at radius 1 is 1.23 bits per heavy atom. The SMILES string of the molecule is CCS(=O)(=O)NCCN(C(C)=O)c1cccc(NC(C)=O)c1. The molecule has 0 aliphatic rings. The molecule has 0 heterocycles. The monoisotopic (exact) mass is 327 g/mol. The first-order valence-corrected chi connectivity index (χ1v) is 8.53. The second-order valence-electron chi connectivity index (χ2n) is 4.70. The van der Waals surface area contributed by atoms with Crippen LogP contribution in [0.15, 0.2) is 24.3 Å². The van der Waals surface area contributed by atoms with Crippen LogP contribution in [0.4, 0.5) is 11.4 Å². The molecule has 1 aromatic rings. The van der Waals surface area contributed by atoms with Gasteiger partial charge in [0.15, 0.2) is 0 Å². The molecule has 0 atom stereocenters. The first-order chi connectivity index (χ1) is 10.2. The van der Waals surface area contributed by atoms with Crippen molar-refractivity contribution >= 4 is 33.2 Å². The number of sulfonamides is 1. The van der Waals surface area contributed by atoms with Gasteiger partial charge in [0.1, 0.15) is 0 Å². The molecule has 0 fully saturated rings. The van der Waals surface area contributed by atoms with Crippen LogP contribution in [0.3, 0.4) is 0 Å². The molecule has 1 aromatic carbocycles. The average Bonchev–Trinajstić information content (AvgIpc) is 2.42. The normalized spacial score (nSPS) is 11.0. The van der Waals surface area contributed by atoms with Crippen molar-refractivity contribution in [2.45, 2.75) is 20.8 Å². The highest BCUT2D eigenvalue weighted by atomic mass is 32.2. The number of rotatable bonds is 7. The van der Waals surface area contributed by atoms with Crippen molar-refractivity contribution in [2.75, 3.05) is 29.1 Å². The Morgan fingerprint density at radius 3 is 2.45 bits per heavy atom. The molecule has 0 unspecified atom stereocenters. The summed E-state index contributed by atoms with van der Waals surface area (Å²) >= 11 is 0. The van der Waals surface area contributed by atoms with Gasteiger partial charge >= 0.3 is 0 Å². The third kappa shape index (κ3) is 5.82. The molecule has 0 saturated heterocycles. The lowest BCUT2D eigenvalue weighted by Crippen LogP contribution is -2.38. The Kier molecular flexibility index (Phi) is 6.51. The quantitative estimate of drug-likeness (QED) is 0.779. The topological polar surface area (TPSA) is 95.6 Å². The van der Waals surface area contributed by atoms with Gasteiger partial charge in [-0.1, -0.05) is 6.07 Å². The second kappa shape index (κ2) is 7.90. The van der Waals surface area contributed by atoms with Crippen LogP contribution in [0.2, 0.25) is 0 Å². The van der Waals surface area contributed by atoms with E-state index in [2.05, 4.69) is 10.0 Å². The van der Waals surface area contributed by atoms with E-state index in [1.807, 2.05) is 0 Å². The molecule has 0 aliphatic heterocycles. The molecular formula is C14H21N3O4S. The van der Waals surface area contributed by atoms with Crippen LogP contribution in [0.1, 0.15) is 20.8 Å². The Labute approximate surface area is 130 Å². The molecule has 0 aliphatic carbocycles. The molecule has 0 saturated carbocycles. The van der Waals surface area contributed by atoms with E-state index in [0.717, 1.165) is 0 Å². The van der Waals surface area contributed by atoms with Crippen molar-refractivity contribution in [3.05, 3.63) is 24.3 Å². The summed E-state index contributed by atoms with van der Waals surface area (Å²) in [7, 11) is -3.29. The van der Waals surface area contributed by atoms with Gasteiger partial charge in [-0.3, -0.25) is 9.59 Å². The fourth-order valence-electron chi connectivity index (χ4n) is 1.84. The molecule has 8 heteroatoms. The fraction of sp³-hybridized carbons (Fsp3) is 0.429. The maximum Gasteiger partial charge on any atom is 0.223 e. The van der Waals surface area contributed by atoms with Gasteiger partial charge in [0.25, 0.3) is 0 Å². The van der Waals surface area contributed by atoms with E-state index in [4.69, 9.17) is 0 Å². The zero-order valence-corrected chi connectivity index (χ0v) is 13.7. The van der Waals surface area contributed by atoms with Crippen LogP contribution in [0.25, 0.3) is 0 Å². The molecule has 2 amide bonds. The van der Waals surface area contributed by atoms with Gasteiger partial charge in [-0.25, -0.2) is 13.1 Å². The Balaban J connectivity index is 2.83. The first kappa shape index (κ1) is 18.1. The molecule has 7 nitrogen and oxygen atoms in total. The second-order valence-corrected chi connectivity index (χ2v) is 6.80. The molecule has 0 bridgehead atoms. The molecule has 22 heavy (non-hydrogen) atoms. The lowest BCUT2D eigenvalue weighted by atomic mass is 10.2. The molecule has 122 valence electrons. The number of hydrogen-bond donors (Lipinski definition) is 2. The van der Waals surface area contributed by atoms with Gasteiger partial charge in [0.2, 0.25) is 21.8 Å². The van der Waals surface area contributed by atoms with E-state index in [9.17, 15) is 18.0 Å². The minimum Gasteiger partial charge on any atom is -0.326 e. The molecule has 0 aromatic heterocycles. The predicted octanol–water partition coefficient (Wildman–Crippen LogP) is 0.937. The highest BCUT2D eigenvalue weighted by Gasteiger charge is 2.13. The van der Waals surface area contributed by atoms with Crippen LogP contribution >= 0.6 is 0 Å². The van der Waals surface area contributed by atoms with E-state index >= 15 is 0 Å². The first-order valence-electron chi connectivity index (χ1n) is 6.88. The summed E-state index contributed by atoms with van der Waals surface area (Å²) in [4.78, 5) is 24.3. The zero-order chi connectivity index (χ0) is 16.8. The summed E-state index contributed by atoms with van der Waals surface area (Å²) in [6.45, 7) is 4.68. The van der Waals surface area contributed by atoms with Gasteiger partial charge < -0.3 is 10.2 Å². The van der Waals surface area contributed by atoms with Crippen molar-refractivity contribution in [1.29, 1.82) is 0 Å². The number of nitrogens with zero attached hydrogens (tertiary/aromatic N) is 1. The summed E-state index contributed by atoms with van der Waals surface area (Å²) in [6.07, 6.45) is 0. The molecule has 0 radical (unpaired) electrons. The van der Waals surface area contributed by atoms with Crippen molar-refractivity contribution in [1.82, 2.24) is 4.72 Å². The molecule has 1 rings (SSSR count). The van der Waals surface area contributed by atoms with Crippen LogP contribution in [0, 0.1) is 0 Å². The summed E-state index contributed by atoms with van der Waals surface area (Å²) in [5.74, 6) is -0.427. The Morgan fingerprint density at radius 2 is 1.91 bits per heavy atom. The van der Waals surface area contributed by atoms with Gasteiger partial charge in [0.05, 0.1) is 5.75 Å². The highest BCUT2D eigenvalue weighted by Crippen LogP contribution is 2.19. The van der Waals surface area contributed by atoms with Gasteiger partial charge in [-0.05, 0) is 25.1 Å². The third-order valence-corrected chi connectivity index (χ3v) is 4.30. The number of carbonyl (C=O) groups excluding carboxylic acids is 2. The average molecular weight is 327 g/mol. The summed E-state index contributed by atoms with van der Waals surface area (Å²) in [5.41, 5.74) is 1.17. The zero-order valence-electron chi connectivity index (χ0n) is 12.9. The number of amides is 2. The largest absolute Gasteiger partial charge is 0.326 e. The summed E-state index contributed by atoms with van der Waals surface area (Å²) < 4.78 is 25.2. The number of nitrogens with one attached hydrogen (secondary N) is 2. The maximum atomic E-state index is 11.8. The Bertz CT molecular complexity index is 643. The van der Waals surface area contributed by atoms with Gasteiger partial charge in [0, 0.05) is 38.3 Å². The van der Waals surface area contributed by atoms with Crippen LogP contribution in [0.5, 0.6) is 0 Å². The molecular weight excluding hydrogens is 306 g/mol. The molecule has 2 N–H and O–H groups in total. The van der Waals surface area contributed by atoms with E-state index < -0.39 is 10.0 Å². The smallest absolute Gasteiger partial charge is 0.223 e. The number of anilines is 2. The van der Waals surface area contributed by atoms with Crippen molar-refractivity contribution in [3.63, 3.8) is 0 Å². The van der Waals surface area contributed by atoms with E-state index in [0.29, 0.717) is 11.4 Å². The van der Waals surface area contributed by atoms with E-state index in [-0.39, 0.29) is 30.7 Å². The fourth-order valence-corrected chi connectivity index (χ4v) is 2.44. The molecule has 0 spiro atoms. The summed E-state index contributed by atoms with van der Waals surface area (Å²) in [5, 5.41) is 2.64. The minimum absolute atomic E-state index is 0.00884. The van der Waals surface area contributed by atoms with Crippen molar-refractivity contribution in [2.24, 2.45) is 0 Å².